The second-order valence-corrected chi connectivity index (χ2v) is 17.3. The van der Waals surface area contributed by atoms with Crippen LogP contribution in [0.1, 0.15) is 123 Å². The van der Waals surface area contributed by atoms with Crippen LogP contribution in [-0.4, -0.2) is 20.8 Å². The highest BCUT2D eigenvalue weighted by atomic mass is 31.2. The molecule has 0 amide bonds. The summed E-state index contributed by atoms with van der Waals surface area (Å²) in [6.07, 6.45) is 1.17. The third-order valence-corrected chi connectivity index (χ3v) is 9.70. The van der Waals surface area contributed by atoms with E-state index in [9.17, 15) is 0 Å². The van der Waals surface area contributed by atoms with Crippen molar-refractivity contribution in [1.29, 1.82) is 0 Å². The molecule has 0 spiro atoms. The summed E-state index contributed by atoms with van der Waals surface area (Å²) < 4.78 is 0. The van der Waals surface area contributed by atoms with Crippen LogP contribution < -0.4 is 10.6 Å². The average molecular weight is 549 g/mol. The van der Waals surface area contributed by atoms with Gasteiger partial charge in [0, 0.05) is 0 Å². The molecular formula is C32H54O3P2. The number of rotatable bonds is 3. The molecule has 2 aromatic rings. The Labute approximate surface area is 230 Å². The summed E-state index contributed by atoms with van der Waals surface area (Å²) in [5.41, 5.74) is 9.46. The highest BCUT2D eigenvalue weighted by molar-refractivity contribution is 7.73. The summed E-state index contributed by atoms with van der Waals surface area (Å²) in [7, 11) is -3.08. The van der Waals surface area contributed by atoms with Crippen molar-refractivity contribution in [1.82, 2.24) is 0 Å². The first-order valence-corrected chi connectivity index (χ1v) is 16.1. The van der Waals surface area contributed by atoms with Crippen molar-refractivity contribution >= 4 is 27.1 Å². The summed E-state index contributed by atoms with van der Waals surface area (Å²) in [6, 6.07) is 10.0. The molecule has 0 aromatic heterocycles. The second kappa shape index (κ2) is 12.1. The molecule has 2 aromatic carbocycles. The maximum Gasteiger partial charge on any atom is 0.324 e. The van der Waals surface area contributed by atoms with Gasteiger partial charge in [-0.1, -0.05) is 114 Å². The van der Waals surface area contributed by atoms with E-state index in [2.05, 4.69) is 128 Å². The minimum atomic E-state index is -2.62. The minimum Gasteiger partial charge on any atom is -0.328 e. The van der Waals surface area contributed by atoms with Gasteiger partial charge in [0.05, 0.1) is 0 Å². The third kappa shape index (κ3) is 9.12. The zero-order chi connectivity index (χ0) is 29.3. The lowest BCUT2D eigenvalue weighted by atomic mass is 9.79. The van der Waals surface area contributed by atoms with E-state index < -0.39 is 16.5 Å². The molecule has 0 heterocycles. The predicted molar refractivity (Wildman–Crippen MR) is 167 cm³/mol. The van der Waals surface area contributed by atoms with Crippen molar-refractivity contribution in [3.63, 3.8) is 0 Å². The summed E-state index contributed by atoms with van der Waals surface area (Å²) in [4.78, 5) is 21.7. The highest BCUT2D eigenvalue weighted by Gasteiger charge is 2.32. The first-order valence-electron chi connectivity index (χ1n) is 13.4. The van der Waals surface area contributed by atoms with E-state index >= 15 is 0 Å². The van der Waals surface area contributed by atoms with Crippen LogP contribution in [0.15, 0.2) is 24.3 Å². The Balaban J connectivity index is 0.00000159. The third-order valence-electron chi connectivity index (χ3n) is 6.81. The fraction of sp³-hybridized carbons (Fsp3) is 0.625. The van der Waals surface area contributed by atoms with Crippen LogP contribution in [0.2, 0.25) is 0 Å². The Kier molecular flexibility index (Phi) is 11.2. The molecule has 0 aliphatic carbocycles. The molecule has 0 bridgehead atoms. The van der Waals surface area contributed by atoms with Gasteiger partial charge in [0.15, 0.2) is 0 Å². The normalized spacial score (nSPS) is 13.2. The molecule has 210 valence electrons. The van der Waals surface area contributed by atoms with Gasteiger partial charge < -0.3 is 14.7 Å². The minimum absolute atomic E-state index is 0.109. The molecule has 0 fully saturated rings. The zero-order valence-corrected chi connectivity index (χ0v) is 28.0. The van der Waals surface area contributed by atoms with E-state index in [1.54, 1.807) is 21.7 Å². The Morgan fingerprint density at radius 2 is 0.811 bits per heavy atom. The molecule has 0 unspecified atom stereocenters. The Morgan fingerprint density at radius 3 is 1.00 bits per heavy atom. The molecule has 0 radical (unpaired) electrons. The predicted octanol–water partition coefficient (Wildman–Crippen LogP) is 8.14. The van der Waals surface area contributed by atoms with Crippen LogP contribution >= 0.6 is 16.5 Å². The highest BCUT2D eigenvalue weighted by Crippen LogP contribution is 2.45. The van der Waals surface area contributed by atoms with Gasteiger partial charge in [-0.2, -0.15) is 0 Å². The molecule has 3 N–H and O–H groups in total. The Bertz CT molecular complexity index is 976. The van der Waals surface area contributed by atoms with Crippen molar-refractivity contribution in [3.05, 3.63) is 57.6 Å². The monoisotopic (exact) mass is 548 g/mol. The summed E-state index contributed by atoms with van der Waals surface area (Å²) in [5, 5.41) is 3.23. The fourth-order valence-corrected chi connectivity index (χ4v) is 7.93. The first-order chi connectivity index (χ1) is 16.4. The van der Waals surface area contributed by atoms with E-state index in [1.165, 1.54) is 28.4 Å². The molecule has 0 saturated carbocycles. The van der Waals surface area contributed by atoms with Crippen LogP contribution in [0.4, 0.5) is 0 Å². The van der Waals surface area contributed by atoms with Crippen molar-refractivity contribution < 1.29 is 14.7 Å². The van der Waals surface area contributed by atoms with Gasteiger partial charge in [0.2, 0.25) is 0 Å². The summed E-state index contributed by atoms with van der Waals surface area (Å²) >= 11 is 0. The summed E-state index contributed by atoms with van der Waals surface area (Å²) in [6.45, 7) is 35.5. The molecule has 37 heavy (non-hydrogen) atoms. The van der Waals surface area contributed by atoms with Crippen LogP contribution in [0, 0.1) is 13.8 Å². The van der Waals surface area contributed by atoms with Gasteiger partial charge in [0.25, 0.3) is 0 Å². The van der Waals surface area contributed by atoms with Gasteiger partial charge in [-0.3, -0.25) is 0 Å². The zero-order valence-electron chi connectivity index (χ0n) is 26.3. The Morgan fingerprint density at radius 1 is 0.541 bits per heavy atom. The largest absolute Gasteiger partial charge is 0.328 e. The quantitative estimate of drug-likeness (QED) is 0.339. The smallest absolute Gasteiger partial charge is 0.324 e. The van der Waals surface area contributed by atoms with Gasteiger partial charge in [-0.05, 0) is 93.6 Å². The number of benzene rings is 2. The number of aryl methyl sites for hydroxylation is 2. The van der Waals surface area contributed by atoms with Gasteiger partial charge in [0.1, 0.15) is 0 Å². The van der Waals surface area contributed by atoms with E-state index in [-0.39, 0.29) is 21.7 Å². The molecule has 0 saturated heterocycles. The van der Waals surface area contributed by atoms with Crippen molar-refractivity contribution in [2.45, 2.75) is 126 Å². The van der Waals surface area contributed by atoms with Crippen LogP contribution in [0.25, 0.3) is 0 Å². The molecule has 3 nitrogen and oxygen atoms in total. The lowest BCUT2D eigenvalue weighted by molar-refractivity contribution is 0.368. The molecule has 0 aliphatic heterocycles. The number of hydrogen-bond donors (Lipinski definition) is 3. The van der Waals surface area contributed by atoms with E-state index in [4.69, 9.17) is 14.7 Å². The van der Waals surface area contributed by atoms with Crippen LogP contribution in [0.5, 0.6) is 0 Å². The second-order valence-electron chi connectivity index (χ2n) is 14.4. The van der Waals surface area contributed by atoms with Crippen molar-refractivity contribution in [2.24, 2.45) is 0 Å². The maximum atomic E-state index is 7.23. The van der Waals surface area contributed by atoms with Crippen LogP contribution in [0.3, 0.4) is 0 Å². The maximum absolute atomic E-state index is 7.23. The van der Waals surface area contributed by atoms with E-state index in [0.29, 0.717) is 0 Å². The molecule has 0 aliphatic rings. The average Bonchev–Trinajstić information content (AvgIpc) is 2.66. The fourth-order valence-electron chi connectivity index (χ4n) is 4.71. The SMILES string of the molecule is CCP(c1c(C)cc(C(C)(C)C)cc1C(C)(C)C)c1c(C)cc(C(C)(C)C)cc1C(C)(C)C.OP(O)O. The molecule has 0 atom stereocenters. The van der Waals surface area contributed by atoms with Crippen molar-refractivity contribution in [2.75, 3.05) is 6.16 Å². The standard InChI is InChI=1S/C32H51P.H3O3P/c1-16-33(27-21(2)17-23(29(4,5)6)19-25(27)31(10,11)12)28-22(3)18-24(30(7,8)9)20-26(28)32(13,14)15;1-4(2)3/h17-20H,16H2,1-15H3;1-3H. The van der Waals surface area contributed by atoms with Gasteiger partial charge >= 0.3 is 8.60 Å². The van der Waals surface area contributed by atoms with Crippen molar-refractivity contribution in [3.8, 4) is 0 Å². The lowest BCUT2D eigenvalue weighted by Crippen LogP contribution is -2.33. The van der Waals surface area contributed by atoms with E-state index in [0.717, 1.165) is 0 Å². The van der Waals surface area contributed by atoms with Crippen LogP contribution in [-0.2, 0) is 21.7 Å². The molecule has 5 heteroatoms. The summed E-state index contributed by atoms with van der Waals surface area (Å²) in [5.74, 6) is 0. The molecule has 2 rings (SSSR count). The number of hydrogen-bond acceptors (Lipinski definition) is 3. The van der Waals surface area contributed by atoms with Gasteiger partial charge in [-0.15, -0.1) is 0 Å². The topological polar surface area (TPSA) is 60.7 Å². The van der Waals surface area contributed by atoms with E-state index in [1.807, 2.05) is 0 Å². The Hall–Kier alpha value is -0.820. The van der Waals surface area contributed by atoms with Gasteiger partial charge in [-0.25, -0.2) is 0 Å². The lowest BCUT2D eigenvalue weighted by Gasteiger charge is -2.36. The first kappa shape index (κ1) is 34.2. The molecular weight excluding hydrogens is 494 g/mol.